The molecule has 0 saturated carbocycles. The first-order chi connectivity index (χ1) is 13.7. The number of carboxylic acids is 1. The van der Waals surface area contributed by atoms with Crippen molar-refractivity contribution in [3.05, 3.63) is 35.4 Å². The molecule has 1 aromatic carbocycles. The zero-order valence-electron chi connectivity index (χ0n) is 16.0. The molecule has 0 bridgehead atoms. The fourth-order valence-corrected chi connectivity index (χ4v) is 3.07. The lowest BCUT2D eigenvalue weighted by Crippen LogP contribution is -2.34. The molecule has 7 N–H and O–H groups in total. The van der Waals surface area contributed by atoms with Crippen molar-refractivity contribution in [2.75, 3.05) is 7.11 Å². The summed E-state index contributed by atoms with van der Waals surface area (Å²) in [6.45, 7) is 0. The Labute approximate surface area is 168 Å². The first kappa shape index (κ1) is 22.8. The summed E-state index contributed by atoms with van der Waals surface area (Å²) in [6.07, 6.45) is -3.26. The fraction of sp³-hybridized carbons (Fsp3) is 0.500. The van der Waals surface area contributed by atoms with E-state index in [0.717, 1.165) is 0 Å². The van der Waals surface area contributed by atoms with E-state index in [9.17, 15) is 19.8 Å². The van der Waals surface area contributed by atoms with E-state index in [0.29, 0.717) is 17.5 Å². The van der Waals surface area contributed by atoms with Gasteiger partial charge in [0.2, 0.25) is 5.91 Å². The van der Waals surface area contributed by atoms with Crippen LogP contribution in [-0.4, -0.2) is 64.9 Å². The highest BCUT2D eigenvalue weighted by molar-refractivity contribution is 5.93. The van der Waals surface area contributed by atoms with Crippen LogP contribution < -0.4 is 11.5 Å². The van der Waals surface area contributed by atoms with Crippen molar-refractivity contribution >= 4 is 11.9 Å². The predicted octanol–water partition coefficient (Wildman–Crippen LogP) is -0.571. The minimum Gasteiger partial charge on any atom is -0.480 e. The second kappa shape index (κ2) is 10.3. The minimum atomic E-state index is -1.19. The second-order valence-electron chi connectivity index (χ2n) is 6.93. The number of hydrogen-bond donors (Lipinski definition) is 5. The second-order valence-corrected chi connectivity index (χ2v) is 6.93. The highest BCUT2D eigenvalue weighted by Gasteiger charge is 2.43. The van der Waals surface area contributed by atoms with Crippen molar-refractivity contribution in [1.29, 1.82) is 0 Å². The molecule has 0 unspecified atom stereocenters. The Hall–Kier alpha value is -2.48. The molecule has 0 aliphatic carbocycles. The Balaban J connectivity index is 2.16. The summed E-state index contributed by atoms with van der Waals surface area (Å²) in [5.41, 5.74) is 11.7. The first-order valence-corrected chi connectivity index (χ1v) is 9.17. The number of hydrogen-bond acceptors (Lipinski definition) is 7. The van der Waals surface area contributed by atoms with Crippen LogP contribution in [0.4, 0.5) is 0 Å². The molecule has 2 rings (SSSR count). The molecular weight excluding hydrogens is 380 g/mol. The molecule has 1 saturated heterocycles. The number of methoxy groups -OCH3 is 1. The van der Waals surface area contributed by atoms with Gasteiger partial charge in [0, 0.05) is 24.2 Å². The number of benzene rings is 1. The van der Waals surface area contributed by atoms with Gasteiger partial charge in [-0.15, -0.1) is 0 Å². The third kappa shape index (κ3) is 6.25. The third-order valence-electron chi connectivity index (χ3n) is 4.78. The van der Waals surface area contributed by atoms with Gasteiger partial charge in [0.1, 0.15) is 18.2 Å². The average Bonchev–Trinajstić information content (AvgIpc) is 2.97. The van der Waals surface area contributed by atoms with Gasteiger partial charge in [-0.05, 0) is 37.5 Å². The van der Waals surface area contributed by atoms with Gasteiger partial charge in [-0.2, -0.15) is 0 Å². The van der Waals surface area contributed by atoms with Crippen molar-refractivity contribution in [3.8, 4) is 11.8 Å². The van der Waals surface area contributed by atoms with Crippen LogP contribution in [0, 0.1) is 17.8 Å². The monoisotopic (exact) mass is 406 g/mol. The molecule has 1 aliphatic heterocycles. The quantitative estimate of drug-likeness (QED) is 0.358. The number of aliphatic hydroxyl groups excluding tert-OH is 2. The number of ether oxygens (including phenoxy) is 2. The normalized spacial score (nSPS) is 25.7. The maximum Gasteiger partial charge on any atom is 0.320 e. The van der Waals surface area contributed by atoms with Gasteiger partial charge < -0.3 is 36.3 Å². The Morgan fingerprint density at radius 1 is 1.28 bits per heavy atom. The van der Waals surface area contributed by atoms with Crippen LogP contribution in [0.15, 0.2) is 24.3 Å². The number of carboxylic acid groups (broad SMARTS) is 1. The average molecular weight is 406 g/mol. The lowest BCUT2D eigenvalue weighted by Gasteiger charge is -2.19. The van der Waals surface area contributed by atoms with Crippen LogP contribution in [-0.2, 0) is 14.3 Å². The summed E-state index contributed by atoms with van der Waals surface area (Å²) in [7, 11) is 1.36. The summed E-state index contributed by atoms with van der Waals surface area (Å²) in [5, 5.41) is 29.1. The van der Waals surface area contributed by atoms with E-state index in [4.69, 9.17) is 26.0 Å². The molecule has 1 fully saturated rings. The summed E-state index contributed by atoms with van der Waals surface area (Å²) in [6, 6.07) is 5.46. The number of primary amides is 1. The number of rotatable bonds is 8. The maximum absolute atomic E-state index is 11.3. The minimum absolute atomic E-state index is 0.176. The fourth-order valence-electron chi connectivity index (χ4n) is 3.07. The van der Waals surface area contributed by atoms with E-state index in [-0.39, 0.29) is 18.8 Å². The van der Waals surface area contributed by atoms with Crippen LogP contribution in [0.5, 0.6) is 0 Å². The van der Waals surface area contributed by atoms with E-state index in [2.05, 4.69) is 11.8 Å². The topological polar surface area (TPSA) is 165 Å². The number of carbonyl (C=O) groups excluding carboxylic acids is 1. The van der Waals surface area contributed by atoms with Gasteiger partial charge in [-0.25, -0.2) is 0 Å². The summed E-state index contributed by atoms with van der Waals surface area (Å²) in [4.78, 5) is 22.3. The van der Waals surface area contributed by atoms with Crippen molar-refractivity contribution in [3.63, 3.8) is 0 Å². The Morgan fingerprint density at radius 3 is 2.59 bits per heavy atom. The van der Waals surface area contributed by atoms with Gasteiger partial charge in [-0.1, -0.05) is 17.9 Å². The molecule has 0 spiro atoms. The molecule has 0 aromatic heterocycles. The number of carbonyl (C=O) groups is 2. The molecule has 6 atom stereocenters. The van der Waals surface area contributed by atoms with Crippen LogP contribution in [0.1, 0.15) is 35.2 Å². The van der Waals surface area contributed by atoms with Crippen molar-refractivity contribution in [1.82, 2.24) is 0 Å². The van der Waals surface area contributed by atoms with E-state index >= 15 is 0 Å². The van der Waals surface area contributed by atoms with Crippen LogP contribution in [0.2, 0.25) is 0 Å². The van der Waals surface area contributed by atoms with Gasteiger partial charge in [0.25, 0.3) is 0 Å². The Kier molecular flexibility index (Phi) is 8.13. The zero-order chi connectivity index (χ0) is 21.6. The summed E-state index contributed by atoms with van der Waals surface area (Å²) >= 11 is 0. The van der Waals surface area contributed by atoms with Crippen molar-refractivity contribution in [2.45, 2.75) is 49.9 Å². The molecule has 158 valence electrons. The molecule has 9 heteroatoms. The van der Waals surface area contributed by atoms with Crippen LogP contribution in [0.3, 0.4) is 0 Å². The van der Waals surface area contributed by atoms with E-state index in [1.807, 2.05) is 0 Å². The van der Waals surface area contributed by atoms with Crippen molar-refractivity contribution in [2.24, 2.45) is 17.4 Å². The molecule has 1 amide bonds. The maximum atomic E-state index is 11.3. The Morgan fingerprint density at radius 2 is 2.00 bits per heavy atom. The van der Waals surface area contributed by atoms with Crippen molar-refractivity contribution < 1.29 is 34.4 Å². The Bertz CT molecular complexity index is 789. The SMILES string of the molecule is CO[C@@H]1O[C@H](C[C@@H](C#Cc2cccc(C(N)=O)c2)CC[C@H](N)C(=O)O)[C@@H](O)[C@H]1O. The number of nitrogens with two attached hydrogens (primary N) is 2. The van der Waals surface area contributed by atoms with E-state index in [1.165, 1.54) is 7.11 Å². The van der Waals surface area contributed by atoms with Gasteiger partial charge in [0.15, 0.2) is 6.29 Å². The molecule has 0 radical (unpaired) electrons. The number of aliphatic hydroxyl groups is 2. The highest BCUT2D eigenvalue weighted by atomic mass is 16.7. The standard InChI is InChI=1S/C20H26N2O7/c1-28-20-17(24)16(23)15(29-20)10-12(7-8-14(21)19(26)27)6-5-11-3-2-4-13(9-11)18(22)25/h2-4,9,12,14-17,20,23-24H,7-8,10,21H2,1H3,(H2,22,25)(H,26,27)/t12-,14-,15+,16+,17+,20+/m0/s1. The van der Waals surface area contributed by atoms with E-state index in [1.54, 1.807) is 24.3 Å². The van der Waals surface area contributed by atoms with E-state index < -0.39 is 42.5 Å². The predicted molar refractivity (Wildman–Crippen MR) is 102 cm³/mol. The largest absolute Gasteiger partial charge is 0.480 e. The number of amides is 1. The molecule has 1 aliphatic rings. The first-order valence-electron chi connectivity index (χ1n) is 9.17. The van der Waals surface area contributed by atoms with Gasteiger partial charge in [-0.3, -0.25) is 9.59 Å². The third-order valence-corrected chi connectivity index (χ3v) is 4.78. The smallest absolute Gasteiger partial charge is 0.320 e. The summed E-state index contributed by atoms with van der Waals surface area (Å²) in [5.74, 6) is 3.91. The lowest BCUT2D eigenvalue weighted by atomic mass is 9.92. The highest BCUT2D eigenvalue weighted by Crippen LogP contribution is 2.28. The number of aliphatic carboxylic acids is 1. The van der Waals surface area contributed by atoms with Gasteiger partial charge in [0.05, 0.1) is 6.10 Å². The molecule has 1 aromatic rings. The molecular formula is C20H26N2O7. The summed E-state index contributed by atoms with van der Waals surface area (Å²) < 4.78 is 10.5. The van der Waals surface area contributed by atoms with Crippen LogP contribution in [0.25, 0.3) is 0 Å². The molecule has 29 heavy (non-hydrogen) atoms. The van der Waals surface area contributed by atoms with Gasteiger partial charge >= 0.3 is 5.97 Å². The molecule has 1 heterocycles. The zero-order valence-corrected chi connectivity index (χ0v) is 16.0. The molecule has 9 nitrogen and oxygen atoms in total. The van der Waals surface area contributed by atoms with Crippen LogP contribution >= 0.6 is 0 Å². The lowest BCUT2D eigenvalue weighted by molar-refractivity contribution is -0.150.